The van der Waals surface area contributed by atoms with E-state index in [1.807, 2.05) is 78.9 Å². The predicted octanol–water partition coefficient (Wildman–Crippen LogP) is 12.6. The van der Waals surface area contributed by atoms with Gasteiger partial charge in [0, 0.05) is 16.3 Å². The van der Waals surface area contributed by atoms with E-state index in [0.717, 1.165) is 33.0 Å². The van der Waals surface area contributed by atoms with Crippen molar-refractivity contribution < 1.29 is 19.5 Å². The Bertz CT molecular complexity index is 3070. The van der Waals surface area contributed by atoms with E-state index in [-0.39, 0.29) is 44.7 Å². The van der Waals surface area contributed by atoms with Crippen molar-refractivity contribution in [1.82, 2.24) is 0 Å². The SMILES string of the molecule is [2H]c1c([2H])c([2H])c(-c2c([2H])c([2H])c(-c3c4ccccc4c(-c4cccc(-c5ccccc5)c4)c4ccccc34)c3c2oc2c([2H])c([2H])c([2H])c([2H])c23)c([2H])c1[2H]. The third-order valence-electron chi connectivity index (χ3n) is 8.31. The minimum absolute atomic E-state index is 0.0454. The summed E-state index contributed by atoms with van der Waals surface area (Å²) in [6.07, 6.45) is 0. The molecule has 1 nitrogen and oxygen atoms in total. The molecule has 0 aliphatic rings. The summed E-state index contributed by atoms with van der Waals surface area (Å²) in [6.45, 7) is 0. The monoisotopic (exact) mass is 583 g/mol. The Morgan fingerprint density at radius 1 is 0.400 bits per heavy atom. The summed E-state index contributed by atoms with van der Waals surface area (Å²) in [6, 6.07) is 27.6. The average Bonchev–Trinajstić information content (AvgIpc) is 3.62. The highest BCUT2D eigenvalue weighted by molar-refractivity contribution is 6.26. The lowest BCUT2D eigenvalue weighted by molar-refractivity contribution is 0.670. The zero-order valence-corrected chi connectivity index (χ0v) is 23.7. The van der Waals surface area contributed by atoms with Crippen LogP contribution in [0.3, 0.4) is 0 Å². The van der Waals surface area contributed by atoms with Crippen LogP contribution in [0.4, 0.5) is 0 Å². The van der Waals surface area contributed by atoms with Crippen molar-refractivity contribution in [2.45, 2.75) is 0 Å². The van der Waals surface area contributed by atoms with Crippen LogP contribution < -0.4 is 0 Å². The molecule has 0 amide bonds. The molecule has 0 N–H and O–H groups in total. The fraction of sp³-hybridized carbons (Fsp3) is 0. The molecule has 45 heavy (non-hydrogen) atoms. The summed E-state index contributed by atoms with van der Waals surface area (Å²) in [5, 5.41) is 3.09. The molecular weight excluding hydrogens is 544 g/mol. The number of para-hydroxylation sites is 1. The van der Waals surface area contributed by atoms with Gasteiger partial charge < -0.3 is 4.42 Å². The van der Waals surface area contributed by atoms with Gasteiger partial charge in [0.15, 0.2) is 0 Å². The summed E-state index contributed by atoms with van der Waals surface area (Å²) in [7, 11) is 0. The smallest absolute Gasteiger partial charge is 0.143 e. The fourth-order valence-corrected chi connectivity index (χ4v) is 6.41. The Morgan fingerprint density at radius 3 is 1.71 bits per heavy atom. The van der Waals surface area contributed by atoms with Gasteiger partial charge in [0.25, 0.3) is 0 Å². The van der Waals surface area contributed by atoms with E-state index in [2.05, 4.69) is 24.3 Å². The van der Waals surface area contributed by atoms with Crippen molar-refractivity contribution in [3.05, 3.63) is 170 Å². The summed E-state index contributed by atoms with van der Waals surface area (Å²) in [4.78, 5) is 0. The standard InChI is InChI=1S/C44H28O/c1-3-14-29(15-4-1)31-18-13-19-32(28-31)41-34-20-7-9-22-36(34)42(37-23-10-8-21-35(37)41)39-27-26-33(30-16-5-2-6-17-30)44-43(39)38-24-11-12-25-40(38)45-44/h1-28H/i2D,5D,6D,11D,12D,16D,17D,24D,25D,26D,27D. The number of fused-ring (bicyclic) bond motifs is 5. The van der Waals surface area contributed by atoms with Crippen LogP contribution >= 0.6 is 0 Å². The van der Waals surface area contributed by atoms with Gasteiger partial charge in [-0.15, -0.1) is 0 Å². The van der Waals surface area contributed by atoms with Gasteiger partial charge in [-0.3, -0.25) is 0 Å². The van der Waals surface area contributed by atoms with Crippen molar-refractivity contribution >= 4 is 43.5 Å². The molecule has 0 radical (unpaired) electrons. The second-order valence-electron chi connectivity index (χ2n) is 10.8. The molecule has 0 atom stereocenters. The lowest BCUT2D eigenvalue weighted by atomic mass is 9.84. The van der Waals surface area contributed by atoms with E-state index in [0.29, 0.717) is 16.3 Å². The number of hydrogen-bond acceptors (Lipinski definition) is 1. The maximum absolute atomic E-state index is 9.75. The van der Waals surface area contributed by atoms with Crippen LogP contribution in [0.15, 0.2) is 174 Å². The van der Waals surface area contributed by atoms with Gasteiger partial charge >= 0.3 is 0 Å². The van der Waals surface area contributed by atoms with Gasteiger partial charge in [-0.1, -0.05) is 151 Å². The molecule has 0 aliphatic heterocycles. The van der Waals surface area contributed by atoms with E-state index in [9.17, 15) is 2.74 Å². The highest BCUT2D eigenvalue weighted by atomic mass is 16.3. The molecule has 8 aromatic carbocycles. The molecule has 1 heteroatoms. The van der Waals surface area contributed by atoms with E-state index >= 15 is 0 Å². The predicted molar refractivity (Wildman–Crippen MR) is 190 cm³/mol. The lowest BCUT2D eigenvalue weighted by Crippen LogP contribution is -1.92. The molecule has 0 spiro atoms. The van der Waals surface area contributed by atoms with Crippen LogP contribution in [-0.4, -0.2) is 0 Å². The summed E-state index contributed by atoms with van der Waals surface area (Å²) < 4.78 is 103. The minimum atomic E-state index is -0.645. The molecule has 210 valence electrons. The van der Waals surface area contributed by atoms with Gasteiger partial charge in [0.2, 0.25) is 0 Å². The van der Waals surface area contributed by atoms with Crippen molar-refractivity contribution in [2.24, 2.45) is 0 Å². The molecule has 0 saturated heterocycles. The van der Waals surface area contributed by atoms with E-state index in [4.69, 9.17) is 16.8 Å². The second kappa shape index (κ2) is 10.4. The largest absolute Gasteiger partial charge is 0.455 e. The second-order valence-corrected chi connectivity index (χ2v) is 10.8. The Morgan fingerprint density at radius 2 is 0.978 bits per heavy atom. The van der Waals surface area contributed by atoms with Gasteiger partial charge in [-0.25, -0.2) is 0 Å². The summed E-state index contributed by atoms with van der Waals surface area (Å²) in [5.74, 6) is 0. The third kappa shape index (κ3) is 4.09. The molecule has 0 aliphatic carbocycles. The summed E-state index contributed by atoms with van der Waals surface area (Å²) in [5.41, 5.74) is 3.56. The van der Waals surface area contributed by atoms with Crippen LogP contribution in [0.1, 0.15) is 15.1 Å². The quantitative estimate of drug-likeness (QED) is 0.188. The Kier molecular flexibility index (Phi) is 3.87. The normalized spacial score (nSPS) is 15.0. The van der Waals surface area contributed by atoms with Crippen molar-refractivity contribution in [3.63, 3.8) is 0 Å². The lowest BCUT2D eigenvalue weighted by Gasteiger charge is -2.19. The molecule has 9 rings (SSSR count). The average molecular weight is 584 g/mol. The molecule has 0 saturated carbocycles. The first-order valence-corrected chi connectivity index (χ1v) is 14.5. The maximum atomic E-state index is 9.75. The first-order valence-electron chi connectivity index (χ1n) is 20.0. The molecule has 0 bridgehead atoms. The Labute approximate surface area is 277 Å². The van der Waals surface area contributed by atoms with Gasteiger partial charge in [0.05, 0.1) is 15.1 Å². The Hall–Kier alpha value is -5.92. The number of rotatable bonds is 4. The fourth-order valence-electron chi connectivity index (χ4n) is 6.41. The van der Waals surface area contributed by atoms with Crippen LogP contribution in [0.5, 0.6) is 0 Å². The number of furan rings is 1. The van der Waals surface area contributed by atoms with Crippen molar-refractivity contribution in [2.75, 3.05) is 0 Å². The first-order chi connectivity index (χ1) is 26.9. The topological polar surface area (TPSA) is 13.1 Å². The van der Waals surface area contributed by atoms with Gasteiger partial charge in [0.1, 0.15) is 11.2 Å². The number of benzene rings is 8. The molecule has 9 aromatic rings. The maximum Gasteiger partial charge on any atom is 0.143 e. The highest BCUT2D eigenvalue weighted by Gasteiger charge is 2.22. The molecule has 0 fully saturated rings. The third-order valence-corrected chi connectivity index (χ3v) is 8.31. The molecular formula is C44H28O. The zero-order valence-electron chi connectivity index (χ0n) is 34.7. The van der Waals surface area contributed by atoms with Gasteiger partial charge in [-0.05, 0) is 78.6 Å². The molecule has 1 heterocycles. The van der Waals surface area contributed by atoms with Crippen LogP contribution in [0.25, 0.3) is 88.0 Å². The first kappa shape index (κ1) is 16.8. The van der Waals surface area contributed by atoms with Gasteiger partial charge in [-0.2, -0.15) is 0 Å². The van der Waals surface area contributed by atoms with E-state index in [1.54, 1.807) is 0 Å². The molecule has 1 aromatic heterocycles. The van der Waals surface area contributed by atoms with E-state index < -0.39 is 60.4 Å². The van der Waals surface area contributed by atoms with Crippen LogP contribution in [-0.2, 0) is 0 Å². The highest BCUT2D eigenvalue weighted by Crippen LogP contribution is 2.48. The summed E-state index contributed by atoms with van der Waals surface area (Å²) >= 11 is 0. The van der Waals surface area contributed by atoms with E-state index in [1.165, 1.54) is 0 Å². The number of hydrogen-bond donors (Lipinski definition) is 0. The minimum Gasteiger partial charge on any atom is -0.455 e. The van der Waals surface area contributed by atoms with Crippen molar-refractivity contribution in [1.29, 1.82) is 0 Å². The zero-order chi connectivity index (χ0) is 39.3. The Balaban J connectivity index is 1.49. The molecule has 0 unspecified atom stereocenters. The van der Waals surface area contributed by atoms with Crippen molar-refractivity contribution in [3.8, 4) is 44.5 Å². The van der Waals surface area contributed by atoms with Crippen LogP contribution in [0.2, 0.25) is 0 Å². The van der Waals surface area contributed by atoms with Crippen LogP contribution in [0, 0.1) is 0 Å².